The number of carbonyl (C=O) groups is 1. The number of nitrogens with one attached hydrogen (secondary N) is 1. The lowest BCUT2D eigenvalue weighted by Crippen LogP contribution is -2.16. The maximum Gasteiger partial charge on any atom is 0.230 e. The Morgan fingerprint density at radius 1 is 1.14 bits per heavy atom. The zero-order chi connectivity index (χ0) is 15.4. The molecular weight excluding hydrogens is 283 g/mol. The number of hydrogen-bond acceptors (Lipinski definition) is 3. The standard InChI is InChI=1S/C16H13FN4O/c17-12-5-4-6-13(9-12)19-16(22)10-15-11-18-20-21(15)14-7-2-1-3-8-14/h1-9,11H,10H2,(H,19,22). The van der Waals surface area contributed by atoms with Gasteiger partial charge in [0.25, 0.3) is 0 Å². The van der Waals surface area contributed by atoms with Crippen LogP contribution in [0.3, 0.4) is 0 Å². The molecule has 0 aliphatic rings. The van der Waals surface area contributed by atoms with Gasteiger partial charge in [0.1, 0.15) is 5.82 Å². The fourth-order valence-corrected chi connectivity index (χ4v) is 2.10. The van der Waals surface area contributed by atoms with Gasteiger partial charge in [0.15, 0.2) is 0 Å². The first kappa shape index (κ1) is 13.9. The summed E-state index contributed by atoms with van der Waals surface area (Å²) in [5.41, 5.74) is 1.90. The molecule has 110 valence electrons. The monoisotopic (exact) mass is 296 g/mol. The molecular formula is C16H13FN4O. The Morgan fingerprint density at radius 2 is 1.95 bits per heavy atom. The smallest absolute Gasteiger partial charge is 0.230 e. The number of nitrogens with zero attached hydrogens (tertiary/aromatic N) is 3. The molecule has 0 saturated carbocycles. The van der Waals surface area contributed by atoms with Crippen LogP contribution in [-0.4, -0.2) is 20.9 Å². The highest BCUT2D eigenvalue weighted by Gasteiger charge is 2.11. The number of benzene rings is 2. The number of anilines is 1. The van der Waals surface area contributed by atoms with Crippen molar-refractivity contribution in [1.29, 1.82) is 0 Å². The summed E-state index contributed by atoms with van der Waals surface area (Å²) in [4.78, 5) is 12.1. The molecule has 1 amide bonds. The molecule has 0 bridgehead atoms. The predicted molar refractivity (Wildman–Crippen MR) is 80.1 cm³/mol. The lowest BCUT2D eigenvalue weighted by Gasteiger charge is -2.07. The Kier molecular flexibility index (Phi) is 3.91. The number of amides is 1. The van der Waals surface area contributed by atoms with Crippen molar-refractivity contribution in [3.8, 4) is 5.69 Å². The highest BCUT2D eigenvalue weighted by atomic mass is 19.1. The van der Waals surface area contributed by atoms with E-state index in [4.69, 9.17) is 0 Å². The number of aromatic nitrogens is 3. The summed E-state index contributed by atoms with van der Waals surface area (Å²) in [6.07, 6.45) is 1.64. The number of carbonyl (C=O) groups excluding carboxylic acids is 1. The maximum absolute atomic E-state index is 13.1. The van der Waals surface area contributed by atoms with Crippen LogP contribution in [0.4, 0.5) is 10.1 Å². The summed E-state index contributed by atoms with van der Waals surface area (Å²) in [5, 5.41) is 10.5. The van der Waals surface area contributed by atoms with Gasteiger partial charge >= 0.3 is 0 Å². The maximum atomic E-state index is 13.1. The molecule has 5 nitrogen and oxygen atoms in total. The molecule has 0 aliphatic heterocycles. The van der Waals surface area contributed by atoms with Crippen molar-refractivity contribution in [2.45, 2.75) is 6.42 Å². The summed E-state index contributed by atoms with van der Waals surface area (Å²) in [6, 6.07) is 15.2. The average Bonchev–Trinajstić information content (AvgIpc) is 2.96. The summed E-state index contributed by atoms with van der Waals surface area (Å²) >= 11 is 0. The lowest BCUT2D eigenvalue weighted by molar-refractivity contribution is -0.115. The van der Waals surface area contributed by atoms with Crippen LogP contribution in [0.25, 0.3) is 5.69 Å². The Hall–Kier alpha value is -3.02. The summed E-state index contributed by atoms with van der Waals surface area (Å²) < 4.78 is 14.7. The van der Waals surface area contributed by atoms with E-state index in [1.165, 1.54) is 18.3 Å². The fourth-order valence-electron chi connectivity index (χ4n) is 2.10. The van der Waals surface area contributed by atoms with Crippen LogP contribution in [-0.2, 0) is 11.2 Å². The molecule has 0 atom stereocenters. The molecule has 1 aromatic heterocycles. The number of rotatable bonds is 4. The zero-order valence-corrected chi connectivity index (χ0v) is 11.6. The predicted octanol–water partition coefficient (Wildman–Crippen LogP) is 2.59. The van der Waals surface area contributed by atoms with Gasteiger partial charge < -0.3 is 5.32 Å². The van der Waals surface area contributed by atoms with Gasteiger partial charge in [-0.05, 0) is 30.3 Å². The highest BCUT2D eigenvalue weighted by Crippen LogP contribution is 2.12. The highest BCUT2D eigenvalue weighted by molar-refractivity contribution is 5.92. The Bertz CT molecular complexity index is 786. The first-order chi connectivity index (χ1) is 10.7. The van der Waals surface area contributed by atoms with Crippen LogP contribution >= 0.6 is 0 Å². The van der Waals surface area contributed by atoms with Crippen molar-refractivity contribution in [2.24, 2.45) is 0 Å². The van der Waals surface area contributed by atoms with E-state index in [-0.39, 0.29) is 12.3 Å². The number of para-hydroxylation sites is 1. The molecule has 1 N–H and O–H groups in total. The van der Waals surface area contributed by atoms with E-state index in [9.17, 15) is 9.18 Å². The van der Waals surface area contributed by atoms with E-state index in [1.54, 1.807) is 16.8 Å². The third-order valence-corrected chi connectivity index (χ3v) is 3.07. The minimum absolute atomic E-state index is 0.0956. The van der Waals surface area contributed by atoms with Crippen LogP contribution in [0, 0.1) is 5.82 Å². The summed E-state index contributed by atoms with van der Waals surface area (Å²) in [7, 11) is 0. The molecule has 0 aliphatic carbocycles. The quantitative estimate of drug-likeness (QED) is 0.805. The van der Waals surface area contributed by atoms with Crippen LogP contribution < -0.4 is 5.32 Å². The molecule has 2 aromatic carbocycles. The van der Waals surface area contributed by atoms with Crippen molar-refractivity contribution in [1.82, 2.24) is 15.0 Å². The third-order valence-electron chi connectivity index (χ3n) is 3.07. The molecule has 0 saturated heterocycles. The van der Waals surface area contributed by atoms with Crippen molar-refractivity contribution in [2.75, 3.05) is 5.32 Å². The van der Waals surface area contributed by atoms with E-state index in [0.717, 1.165) is 5.69 Å². The van der Waals surface area contributed by atoms with Crippen LogP contribution in [0.5, 0.6) is 0 Å². The largest absolute Gasteiger partial charge is 0.326 e. The first-order valence-electron chi connectivity index (χ1n) is 6.73. The molecule has 0 radical (unpaired) electrons. The van der Waals surface area contributed by atoms with Gasteiger partial charge in [-0.15, -0.1) is 5.10 Å². The summed E-state index contributed by atoms with van der Waals surface area (Å²) in [6.45, 7) is 0. The average molecular weight is 296 g/mol. The Balaban J connectivity index is 1.74. The van der Waals surface area contributed by atoms with Gasteiger partial charge in [-0.1, -0.05) is 29.5 Å². The molecule has 6 heteroatoms. The van der Waals surface area contributed by atoms with Gasteiger partial charge in [0, 0.05) is 5.69 Å². The molecule has 22 heavy (non-hydrogen) atoms. The Labute approximate surface area is 126 Å². The van der Waals surface area contributed by atoms with Crippen LogP contribution in [0.15, 0.2) is 60.8 Å². The van der Waals surface area contributed by atoms with E-state index < -0.39 is 5.82 Å². The molecule has 3 rings (SSSR count). The summed E-state index contributed by atoms with van der Waals surface area (Å²) in [5.74, 6) is -0.654. The molecule has 0 fully saturated rings. The van der Waals surface area contributed by atoms with E-state index >= 15 is 0 Å². The lowest BCUT2D eigenvalue weighted by atomic mass is 10.2. The zero-order valence-electron chi connectivity index (χ0n) is 11.6. The minimum Gasteiger partial charge on any atom is -0.326 e. The fraction of sp³-hybridized carbons (Fsp3) is 0.0625. The van der Waals surface area contributed by atoms with Gasteiger partial charge in [0.05, 0.1) is 24.0 Å². The van der Waals surface area contributed by atoms with Gasteiger partial charge in [-0.2, -0.15) is 0 Å². The molecule has 3 aromatic rings. The van der Waals surface area contributed by atoms with E-state index in [2.05, 4.69) is 15.6 Å². The second-order valence-electron chi connectivity index (χ2n) is 4.71. The molecule has 0 spiro atoms. The van der Waals surface area contributed by atoms with Gasteiger partial charge in [-0.25, -0.2) is 9.07 Å². The topological polar surface area (TPSA) is 59.8 Å². The van der Waals surface area contributed by atoms with Crippen molar-refractivity contribution in [3.05, 3.63) is 72.3 Å². The van der Waals surface area contributed by atoms with Crippen LogP contribution in [0.1, 0.15) is 5.69 Å². The molecule has 0 unspecified atom stereocenters. The van der Waals surface area contributed by atoms with Crippen LogP contribution in [0.2, 0.25) is 0 Å². The SMILES string of the molecule is O=C(Cc1cnnn1-c1ccccc1)Nc1cccc(F)c1. The normalized spacial score (nSPS) is 10.4. The minimum atomic E-state index is -0.395. The molecule has 1 heterocycles. The van der Waals surface area contributed by atoms with E-state index in [0.29, 0.717) is 11.4 Å². The second-order valence-corrected chi connectivity index (χ2v) is 4.71. The number of hydrogen-bond donors (Lipinski definition) is 1. The number of halogens is 1. The van der Waals surface area contributed by atoms with Crippen molar-refractivity contribution < 1.29 is 9.18 Å². The van der Waals surface area contributed by atoms with Gasteiger partial charge in [0.2, 0.25) is 5.91 Å². The van der Waals surface area contributed by atoms with Crippen molar-refractivity contribution >= 4 is 11.6 Å². The second kappa shape index (κ2) is 6.17. The van der Waals surface area contributed by atoms with Crippen molar-refractivity contribution in [3.63, 3.8) is 0 Å². The third kappa shape index (κ3) is 3.17. The van der Waals surface area contributed by atoms with Gasteiger partial charge in [-0.3, -0.25) is 4.79 Å². The van der Waals surface area contributed by atoms with E-state index in [1.807, 2.05) is 30.3 Å². The Morgan fingerprint density at radius 3 is 2.73 bits per heavy atom. The first-order valence-corrected chi connectivity index (χ1v) is 6.73.